The van der Waals surface area contributed by atoms with E-state index in [-0.39, 0.29) is 18.4 Å². The summed E-state index contributed by atoms with van der Waals surface area (Å²) in [5.74, 6) is 0.694. The average molecular weight is 199 g/mol. The van der Waals surface area contributed by atoms with Gasteiger partial charge in [0.05, 0.1) is 5.69 Å². The molecule has 2 N–H and O–H groups in total. The van der Waals surface area contributed by atoms with E-state index in [1.807, 2.05) is 12.3 Å². The molecular formula is C10H15ClN2. The molecule has 1 atom stereocenters. The summed E-state index contributed by atoms with van der Waals surface area (Å²) in [5, 5.41) is 0. The van der Waals surface area contributed by atoms with Gasteiger partial charge < -0.3 is 5.73 Å². The maximum atomic E-state index is 6.01. The van der Waals surface area contributed by atoms with E-state index in [9.17, 15) is 0 Å². The Balaban J connectivity index is 0.000000845. The fourth-order valence-electron chi connectivity index (χ4n) is 1.44. The van der Waals surface area contributed by atoms with Crippen LogP contribution < -0.4 is 5.73 Å². The van der Waals surface area contributed by atoms with Crippen molar-refractivity contribution in [3.05, 3.63) is 29.6 Å². The molecule has 1 aromatic heterocycles. The summed E-state index contributed by atoms with van der Waals surface area (Å²) in [6.07, 6.45) is 4.39. The minimum Gasteiger partial charge on any atom is -0.322 e. The first kappa shape index (κ1) is 10.5. The van der Waals surface area contributed by atoms with E-state index in [1.54, 1.807) is 0 Å². The maximum absolute atomic E-state index is 6.01. The molecular weight excluding hydrogens is 184 g/mol. The molecule has 0 spiro atoms. The van der Waals surface area contributed by atoms with Crippen LogP contribution in [0.2, 0.25) is 0 Å². The minimum absolute atomic E-state index is 0. The molecule has 1 aromatic rings. The van der Waals surface area contributed by atoms with Crippen LogP contribution in [0.15, 0.2) is 18.3 Å². The van der Waals surface area contributed by atoms with E-state index in [0.29, 0.717) is 5.92 Å². The van der Waals surface area contributed by atoms with Gasteiger partial charge in [-0.2, -0.15) is 0 Å². The summed E-state index contributed by atoms with van der Waals surface area (Å²) in [7, 11) is 0. The summed E-state index contributed by atoms with van der Waals surface area (Å²) in [5.41, 5.74) is 8.31. The monoisotopic (exact) mass is 198 g/mol. The molecule has 3 heteroatoms. The van der Waals surface area contributed by atoms with Gasteiger partial charge in [0.25, 0.3) is 0 Å². The normalized spacial score (nSPS) is 17.7. The molecule has 0 amide bonds. The smallest absolute Gasteiger partial charge is 0.0576 e. The van der Waals surface area contributed by atoms with Gasteiger partial charge >= 0.3 is 0 Å². The standard InChI is InChI=1S/C10H14N2.ClH/c1-7-4-5-12-9(6-7)10(11)8-2-3-8;/h4-6,8,10H,2-3,11H2,1H3;1H. The van der Waals surface area contributed by atoms with Crippen LogP contribution in [0.25, 0.3) is 0 Å². The highest BCUT2D eigenvalue weighted by Gasteiger charge is 2.30. The maximum Gasteiger partial charge on any atom is 0.0576 e. The van der Waals surface area contributed by atoms with Crippen LogP contribution in [-0.2, 0) is 0 Å². The molecule has 1 fully saturated rings. The third-order valence-corrected chi connectivity index (χ3v) is 2.41. The van der Waals surface area contributed by atoms with Crippen LogP contribution in [0.5, 0.6) is 0 Å². The van der Waals surface area contributed by atoms with E-state index < -0.39 is 0 Å². The van der Waals surface area contributed by atoms with E-state index in [4.69, 9.17) is 5.73 Å². The molecule has 0 saturated heterocycles. The minimum atomic E-state index is 0. The summed E-state index contributed by atoms with van der Waals surface area (Å²) in [6, 6.07) is 4.26. The first-order valence-corrected chi connectivity index (χ1v) is 4.45. The van der Waals surface area contributed by atoms with Crippen molar-refractivity contribution < 1.29 is 0 Å². The van der Waals surface area contributed by atoms with Crippen molar-refractivity contribution in [1.82, 2.24) is 4.98 Å². The van der Waals surface area contributed by atoms with Crippen LogP contribution in [0.1, 0.15) is 30.1 Å². The number of nitrogens with zero attached hydrogens (tertiary/aromatic N) is 1. The molecule has 13 heavy (non-hydrogen) atoms. The number of aromatic nitrogens is 1. The van der Waals surface area contributed by atoms with Crippen molar-refractivity contribution in [2.45, 2.75) is 25.8 Å². The lowest BCUT2D eigenvalue weighted by molar-refractivity contribution is 0.614. The quantitative estimate of drug-likeness (QED) is 0.792. The van der Waals surface area contributed by atoms with Gasteiger partial charge in [0, 0.05) is 12.2 Å². The number of halogens is 1. The van der Waals surface area contributed by atoms with E-state index in [0.717, 1.165) is 5.69 Å². The first-order valence-electron chi connectivity index (χ1n) is 4.45. The molecule has 0 aliphatic heterocycles. The number of nitrogens with two attached hydrogens (primary N) is 1. The van der Waals surface area contributed by atoms with Gasteiger partial charge in [0.2, 0.25) is 0 Å². The lowest BCUT2D eigenvalue weighted by atomic mass is 10.1. The Morgan fingerprint density at radius 3 is 2.77 bits per heavy atom. The Bertz CT molecular complexity index is 284. The van der Waals surface area contributed by atoms with Gasteiger partial charge in [-0.25, -0.2) is 0 Å². The number of aryl methyl sites for hydroxylation is 1. The van der Waals surface area contributed by atoms with Crippen molar-refractivity contribution in [3.8, 4) is 0 Å². The van der Waals surface area contributed by atoms with E-state index in [2.05, 4.69) is 18.0 Å². The highest BCUT2D eigenvalue weighted by molar-refractivity contribution is 5.85. The second kappa shape index (κ2) is 4.07. The van der Waals surface area contributed by atoms with Gasteiger partial charge in [-0.1, -0.05) is 0 Å². The fraction of sp³-hybridized carbons (Fsp3) is 0.500. The Kier molecular flexibility index (Phi) is 3.28. The van der Waals surface area contributed by atoms with Crippen LogP contribution in [0, 0.1) is 12.8 Å². The molecule has 1 unspecified atom stereocenters. The van der Waals surface area contributed by atoms with Crippen LogP contribution in [0.4, 0.5) is 0 Å². The molecule has 2 rings (SSSR count). The van der Waals surface area contributed by atoms with Gasteiger partial charge in [-0.15, -0.1) is 12.4 Å². The average Bonchev–Trinajstić information content (AvgIpc) is 2.85. The van der Waals surface area contributed by atoms with Crippen molar-refractivity contribution in [3.63, 3.8) is 0 Å². The number of hydrogen-bond donors (Lipinski definition) is 1. The number of rotatable bonds is 2. The molecule has 72 valence electrons. The number of hydrogen-bond acceptors (Lipinski definition) is 2. The third kappa shape index (κ3) is 2.42. The van der Waals surface area contributed by atoms with Crippen LogP contribution in [0.3, 0.4) is 0 Å². The SMILES string of the molecule is Cc1ccnc(C(N)C2CC2)c1.Cl. The van der Waals surface area contributed by atoms with E-state index >= 15 is 0 Å². The van der Waals surface area contributed by atoms with Crippen molar-refractivity contribution in [2.75, 3.05) is 0 Å². The molecule has 1 saturated carbocycles. The lowest BCUT2D eigenvalue weighted by Crippen LogP contribution is -2.13. The first-order chi connectivity index (χ1) is 5.77. The highest BCUT2D eigenvalue weighted by atomic mass is 35.5. The zero-order chi connectivity index (χ0) is 8.55. The van der Waals surface area contributed by atoms with Crippen molar-refractivity contribution in [2.24, 2.45) is 11.7 Å². The zero-order valence-corrected chi connectivity index (χ0v) is 8.55. The Morgan fingerprint density at radius 1 is 1.54 bits per heavy atom. The largest absolute Gasteiger partial charge is 0.322 e. The molecule has 0 bridgehead atoms. The summed E-state index contributed by atoms with van der Waals surface area (Å²) in [6.45, 7) is 2.07. The second-order valence-electron chi connectivity index (χ2n) is 3.62. The van der Waals surface area contributed by atoms with E-state index in [1.165, 1.54) is 18.4 Å². The van der Waals surface area contributed by atoms with Crippen molar-refractivity contribution in [1.29, 1.82) is 0 Å². The number of pyridine rings is 1. The molecule has 1 aliphatic rings. The van der Waals surface area contributed by atoms with Gasteiger partial charge in [-0.05, 0) is 43.4 Å². The van der Waals surface area contributed by atoms with Gasteiger partial charge in [0.15, 0.2) is 0 Å². The van der Waals surface area contributed by atoms with Crippen LogP contribution >= 0.6 is 12.4 Å². The molecule has 2 nitrogen and oxygen atoms in total. The second-order valence-corrected chi connectivity index (χ2v) is 3.62. The predicted octanol–water partition coefficient (Wildman–Crippen LogP) is 2.22. The predicted molar refractivity (Wildman–Crippen MR) is 55.9 cm³/mol. The third-order valence-electron chi connectivity index (χ3n) is 2.41. The van der Waals surface area contributed by atoms with Crippen molar-refractivity contribution >= 4 is 12.4 Å². The van der Waals surface area contributed by atoms with Crippen LogP contribution in [-0.4, -0.2) is 4.98 Å². The molecule has 1 heterocycles. The summed E-state index contributed by atoms with van der Waals surface area (Å²) >= 11 is 0. The zero-order valence-electron chi connectivity index (χ0n) is 7.73. The highest BCUT2D eigenvalue weighted by Crippen LogP contribution is 2.38. The van der Waals surface area contributed by atoms with Gasteiger partial charge in [0.1, 0.15) is 0 Å². The summed E-state index contributed by atoms with van der Waals surface area (Å²) < 4.78 is 0. The Hall–Kier alpha value is -0.600. The molecule has 0 radical (unpaired) electrons. The van der Waals surface area contributed by atoms with Gasteiger partial charge in [-0.3, -0.25) is 4.98 Å². The summed E-state index contributed by atoms with van der Waals surface area (Å²) in [4.78, 5) is 4.28. The molecule has 1 aliphatic carbocycles. The topological polar surface area (TPSA) is 38.9 Å². The molecule has 0 aromatic carbocycles. The fourth-order valence-corrected chi connectivity index (χ4v) is 1.44. The lowest BCUT2D eigenvalue weighted by Gasteiger charge is -2.09. The Labute approximate surface area is 85.0 Å². The Morgan fingerprint density at radius 2 is 2.23 bits per heavy atom.